The predicted octanol–water partition coefficient (Wildman–Crippen LogP) is 3.63. The number of carbonyl (C=O) groups is 2. The van der Waals surface area contributed by atoms with Gasteiger partial charge in [0.1, 0.15) is 17.3 Å². The fourth-order valence-corrected chi connectivity index (χ4v) is 4.56. The molecule has 8 heteroatoms. The zero-order chi connectivity index (χ0) is 25.7. The number of hydrogen-bond acceptors (Lipinski definition) is 7. The molecule has 0 bridgehead atoms. The molecule has 2 aromatic carbocycles. The number of ketones is 1. The second-order valence-corrected chi connectivity index (χ2v) is 9.14. The van der Waals surface area contributed by atoms with Crippen molar-refractivity contribution < 1.29 is 28.9 Å². The molecule has 1 unspecified atom stereocenters. The van der Waals surface area contributed by atoms with E-state index in [0.717, 1.165) is 18.7 Å². The molecule has 2 aromatic rings. The minimum atomic E-state index is -0.703. The maximum Gasteiger partial charge on any atom is 0.295 e. The molecule has 1 N–H and O–H groups in total. The lowest BCUT2D eigenvalue weighted by Gasteiger charge is -2.31. The minimum absolute atomic E-state index is 0.0228. The Labute approximate surface area is 212 Å². The number of carbonyl (C=O) groups excluding carboxylic acids is 2. The van der Waals surface area contributed by atoms with Crippen LogP contribution >= 0.6 is 0 Å². The van der Waals surface area contributed by atoms with E-state index in [1.165, 1.54) is 0 Å². The SMILES string of the molecule is CCOc1ccc(C(O)=C2C(=O)C(=O)N(CCN3CCOCC3)C2c2ccc(OC(C)C)cc2)cc1. The number of morpholine rings is 1. The first-order valence-electron chi connectivity index (χ1n) is 12.5. The topological polar surface area (TPSA) is 88.5 Å². The van der Waals surface area contributed by atoms with Gasteiger partial charge in [-0.25, -0.2) is 0 Å². The summed E-state index contributed by atoms with van der Waals surface area (Å²) in [5.41, 5.74) is 1.28. The standard InChI is InChI=1S/C28H34N2O6/c1-4-35-22-9-7-21(8-10-22)26(31)24-25(20-5-11-23(12-6-20)36-19(2)3)30(28(33)27(24)32)14-13-29-15-17-34-18-16-29/h5-12,19,25,31H,4,13-18H2,1-3H3. The number of Topliss-reactive ketones (excluding diaryl/α,β-unsaturated/α-hetero) is 1. The van der Waals surface area contributed by atoms with Crippen LogP contribution in [-0.4, -0.2) is 78.7 Å². The molecule has 8 nitrogen and oxygen atoms in total. The highest BCUT2D eigenvalue weighted by Gasteiger charge is 2.46. The zero-order valence-corrected chi connectivity index (χ0v) is 21.1. The van der Waals surface area contributed by atoms with Crippen LogP contribution in [0.1, 0.15) is 37.9 Å². The number of rotatable bonds is 9. The van der Waals surface area contributed by atoms with Crippen LogP contribution in [0.25, 0.3) is 5.76 Å². The van der Waals surface area contributed by atoms with Crippen LogP contribution < -0.4 is 9.47 Å². The Morgan fingerprint density at radius 1 is 1.00 bits per heavy atom. The van der Waals surface area contributed by atoms with Gasteiger partial charge in [-0.15, -0.1) is 0 Å². The van der Waals surface area contributed by atoms with E-state index in [2.05, 4.69) is 4.90 Å². The van der Waals surface area contributed by atoms with Crippen LogP contribution in [0.15, 0.2) is 54.1 Å². The number of benzene rings is 2. The van der Waals surface area contributed by atoms with Crippen molar-refractivity contribution in [2.45, 2.75) is 32.9 Å². The Morgan fingerprint density at radius 2 is 1.64 bits per heavy atom. The van der Waals surface area contributed by atoms with Crippen LogP contribution in [0, 0.1) is 0 Å². The summed E-state index contributed by atoms with van der Waals surface area (Å²) in [5, 5.41) is 11.3. The number of aliphatic hydroxyl groups excluding tert-OH is 1. The average molecular weight is 495 g/mol. The third-order valence-corrected chi connectivity index (χ3v) is 6.31. The van der Waals surface area contributed by atoms with Gasteiger partial charge in [0.15, 0.2) is 0 Å². The van der Waals surface area contributed by atoms with Crippen molar-refractivity contribution in [3.05, 3.63) is 65.2 Å². The molecule has 0 radical (unpaired) electrons. The van der Waals surface area contributed by atoms with E-state index in [1.807, 2.05) is 45.0 Å². The lowest BCUT2D eigenvalue weighted by molar-refractivity contribution is -0.140. The van der Waals surface area contributed by atoms with Gasteiger partial charge in [0, 0.05) is 31.7 Å². The van der Waals surface area contributed by atoms with Crippen molar-refractivity contribution in [3.8, 4) is 11.5 Å². The largest absolute Gasteiger partial charge is 0.507 e. The minimum Gasteiger partial charge on any atom is -0.507 e. The van der Waals surface area contributed by atoms with E-state index in [0.29, 0.717) is 50.0 Å². The molecule has 0 aromatic heterocycles. The molecule has 0 saturated carbocycles. The Hall–Kier alpha value is -3.36. The second-order valence-electron chi connectivity index (χ2n) is 9.14. The van der Waals surface area contributed by atoms with Gasteiger partial charge in [0.25, 0.3) is 11.7 Å². The summed E-state index contributed by atoms with van der Waals surface area (Å²) in [6, 6.07) is 13.5. The molecule has 1 atom stereocenters. The van der Waals surface area contributed by atoms with Crippen molar-refractivity contribution in [3.63, 3.8) is 0 Å². The van der Waals surface area contributed by atoms with Crippen LogP contribution in [-0.2, 0) is 14.3 Å². The van der Waals surface area contributed by atoms with Crippen LogP contribution in [0.3, 0.4) is 0 Å². The first-order chi connectivity index (χ1) is 17.4. The molecule has 2 aliphatic heterocycles. The van der Waals surface area contributed by atoms with Gasteiger partial charge in [-0.3, -0.25) is 14.5 Å². The van der Waals surface area contributed by atoms with Gasteiger partial charge in [0.2, 0.25) is 0 Å². The van der Waals surface area contributed by atoms with Gasteiger partial charge >= 0.3 is 0 Å². The van der Waals surface area contributed by atoms with Crippen LogP contribution in [0.2, 0.25) is 0 Å². The summed E-state index contributed by atoms with van der Waals surface area (Å²) in [7, 11) is 0. The lowest BCUT2D eigenvalue weighted by Crippen LogP contribution is -2.42. The number of amides is 1. The summed E-state index contributed by atoms with van der Waals surface area (Å²) in [5.74, 6) is -0.125. The van der Waals surface area contributed by atoms with E-state index in [9.17, 15) is 14.7 Å². The first-order valence-corrected chi connectivity index (χ1v) is 12.5. The molecule has 0 spiro atoms. The number of ether oxygens (including phenoxy) is 3. The fourth-order valence-electron chi connectivity index (χ4n) is 4.56. The lowest BCUT2D eigenvalue weighted by atomic mass is 9.95. The summed E-state index contributed by atoms with van der Waals surface area (Å²) in [6.45, 7) is 10.2. The van der Waals surface area contributed by atoms with Gasteiger partial charge in [-0.1, -0.05) is 12.1 Å². The first kappa shape index (κ1) is 25.7. The maximum atomic E-state index is 13.3. The van der Waals surface area contributed by atoms with Crippen molar-refractivity contribution in [1.82, 2.24) is 9.80 Å². The highest BCUT2D eigenvalue weighted by atomic mass is 16.5. The van der Waals surface area contributed by atoms with Crippen molar-refractivity contribution in [2.75, 3.05) is 46.0 Å². The van der Waals surface area contributed by atoms with Gasteiger partial charge in [0.05, 0.1) is 37.5 Å². The molecule has 2 fully saturated rings. The normalized spacial score (nSPS) is 20.2. The number of likely N-dealkylation sites (tertiary alicyclic amines) is 1. The van der Waals surface area contributed by atoms with E-state index in [-0.39, 0.29) is 17.4 Å². The summed E-state index contributed by atoms with van der Waals surface area (Å²) >= 11 is 0. The number of hydrogen-bond donors (Lipinski definition) is 1. The fraction of sp³-hybridized carbons (Fsp3) is 0.429. The molecule has 36 heavy (non-hydrogen) atoms. The number of nitrogens with zero attached hydrogens (tertiary/aromatic N) is 2. The van der Waals surface area contributed by atoms with Crippen molar-refractivity contribution in [1.29, 1.82) is 0 Å². The Bertz CT molecular complexity index is 1090. The molecule has 1 amide bonds. The molecule has 2 aliphatic rings. The van der Waals surface area contributed by atoms with Gasteiger partial charge in [-0.2, -0.15) is 0 Å². The third-order valence-electron chi connectivity index (χ3n) is 6.31. The van der Waals surface area contributed by atoms with Gasteiger partial charge in [-0.05, 0) is 62.7 Å². The van der Waals surface area contributed by atoms with Crippen molar-refractivity contribution in [2.24, 2.45) is 0 Å². The summed E-state index contributed by atoms with van der Waals surface area (Å²) in [4.78, 5) is 30.2. The maximum absolute atomic E-state index is 13.3. The third kappa shape index (κ3) is 5.71. The molecule has 4 rings (SSSR count). The van der Waals surface area contributed by atoms with E-state index in [1.54, 1.807) is 29.2 Å². The summed E-state index contributed by atoms with van der Waals surface area (Å²) in [6.07, 6.45) is 0.0228. The van der Waals surface area contributed by atoms with E-state index < -0.39 is 17.7 Å². The highest BCUT2D eigenvalue weighted by molar-refractivity contribution is 6.46. The van der Waals surface area contributed by atoms with E-state index in [4.69, 9.17) is 14.2 Å². The molecular formula is C28H34N2O6. The van der Waals surface area contributed by atoms with E-state index >= 15 is 0 Å². The Balaban J connectivity index is 1.70. The molecule has 2 saturated heterocycles. The Kier molecular flexibility index (Phi) is 8.28. The molecular weight excluding hydrogens is 460 g/mol. The second kappa shape index (κ2) is 11.6. The smallest absolute Gasteiger partial charge is 0.295 e. The van der Waals surface area contributed by atoms with Crippen molar-refractivity contribution >= 4 is 17.4 Å². The zero-order valence-electron chi connectivity index (χ0n) is 21.1. The highest BCUT2D eigenvalue weighted by Crippen LogP contribution is 2.40. The molecule has 0 aliphatic carbocycles. The Morgan fingerprint density at radius 3 is 2.25 bits per heavy atom. The summed E-state index contributed by atoms with van der Waals surface area (Å²) < 4.78 is 16.7. The van der Waals surface area contributed by atoms with Crippen LogP contribution in [0.4, 0.5) is 0 Å². The quantitative estimate of drug-likeness (QED) is 0.324. The molecule has 2 heterocycles. The van der Waals surface area contributed by atoms with Crippen LogP contribution in [0.5, 0.6) is 11.5 Å². The average Bonchev–Trinajstić information content (AvgIpc) is 3.13. The van der Waals surface area contributed by atoms with Gasteiger partial charge < -0.3 is 24.2 Å². The molecule has 192 valence electrons. The monoisotopic (exact) mass is 494 g/mol. The number of aliphatic hydroxyl groups is 1. The predicted molar refractivity (Wildman–Crippen MR) is 136 cm³/mol.